The van der Waals surface area contributed by atoms with Gasteiger partial charge in [-0.25, -0.2) is 0 Å². The van der Waals surface area contributed by atoms with Crippen molar-refractivity contribution >= 4 is 11.8 Å². The van der Waals surface area contributed by atoms with E-state index in [1.165, 1.54) is 17.9 Å². The number of nitrogens with two attached hydrogens (primary N) is 1. The van der Waals surface area contributed by atoms with Gasteiger partial charge >= 0.3 is 0 Å². The van der Waals surface area contributed by atoms with Crippen LogP contribution in [0.25, 0.3) is 0 Å². The second-order valence-corrected chi connectivity index (χ2v) is 5.45. The summed E-state index contributed by atoms with van der Waals surface area (Å²) < 4.78 is 5.54. The first-order valence-electron chi connectivity index (χ1n) is 5.91. The van der Waals surface area contributed by atoms with Gasteiger partial charge in [0.1, 0.15) is 0 Å². The Hall–Kier alpha value is 0.230. The predicted octanol–water partition coefficient (Wildman–Crippen LogP) is 1.18. The summed E-state index contributed by atoms with van der Waals surface area (Å²) in [5, 5.41) is 0. The van der Waals surface area contributed by atoms with Gasteiger partial charge in [0.05, 0.1) is 12.7 Å². The van der Waals surface area contributed by atoms with Crippen LogP contribution in [0.4, 0.5) is 0 Å². The topological polar surface area (TPSA) is 38.5 Å². The fraction of sp³-hybridized carbons (Fsp3) is 1.00. The number of rotatable bonds is 6. The van der Waals surface area contributed by atoms with Crippen LogP contribution in [0.1, 0.15) is 20.3 Å². The Morgan fingerprint density at radius 2 is 2.40 bits per heavy atom. The first-order valence-corrected chi connectivity index (χ1v) is 7.06. The molecule has 0 saturated carbocycles. The predicted molar refractivity (Wildman–Crippen MR) is 67.4 cm³/mol. The number of thioether (sulfide) groups is 1. The molecule has 1 saturated heterocycles. The van der Waals surface area contributed by atoms with Crippen molar-refractivity contribution in [2.75, 3.05) is 37.7 Å². The van der Waals surface area contributed by atoms with Gasteiger partial charge in [-0.05, 0) is 24.9 Å². The van der Waals surface area contributed by atoms with Gasteiger partial charge in [0.25, 0.3) is 0 Å². The fourth-order valence-corrected chi connectivity index (χ4v) is 2.72. The second-order valence-electron chi connectivity index (χ2n) is 4.05. The zero-order valence-corrected chi connectivity index (χ0v) is 10.8. The summed E-state index contributed by atoms with van der Waals surface area (Å²) >= 11 is 2.00. The van der Waals surface area contributed by atoms with Gasteiger partial charge < -0.3 is 10.5 Å². The van der Waals surface area contributed by atoms with Crippen LogP contribution in [0.3, 0.4) is 0 Å². The third-order valence-corrected chi connectivity index (χ3v) is 3.79. The van der Waals surface area contributed by atoms with Crippen molar-refractivity contribution in [2.24, 2.45) is 5.73 Å². The van der Waals surface area contributed by atoms with Crippen LogP contribution < -0.4 is 5.73 Å². The van der Waals surface area contributed by atoms with Gasteiger partial charge in [-0.2, -0.15) is 11.8 Å². The van der Waals surface area contributed by atoms with E-state index in [1.807, 2.05) is 11.8 Å². The van der Waals surface area contributed by atoms with E-state index < -0.39 is 0 Å². The number of morpholine rings is 1. The third-order valence-electron chi connectivity index (χ3n) is 2.86. The molecule has 0 aliphatic carbocycles. The maximum atomic E-state index is 5.84. The third kappa shape index (κ3) is 4.72. The maximum absolute atomic E-state index is 5.84. The molecule has 4 heteroatoms. The highest BCUT2D eigenvalue weighted by molar-refractivity contribution is 7.99. The summed E-state index contributed by atoms with van der Waals surface area (Å²) in [5.74, 6) is 2.43. The first-order chi connectivity index (χ1) is 7.27. The average molecular weight is 232 g/mol. The van der Waals surface area contributed by atoms with Crippen LogP contribution in [0.2, 0.25) is 0 Å². The van der Waals surface area contributed by atoms with E-state index in [0.717, 1.165) is 26.2 Å². The van der Waals surface area contributed by atoms with Gasteiger partial charge in [-0.3, -0.25) is 4.90 Å². The average Bonchev–Trinajstić information content (AvgIpc) is 2.24. The van der Waals surface area contributed by atoms with Gasteiger partial charge in [0, 0.05) is 25.7 Å². The quantitative estimate of drug-likeness (QED) is 0.698. The van der Waals surface area contributed by atoms with Crippen molar-refractivity contribution in [3.8, 4) is 0 Å². The molecule has 0 radical (unpaired) electrons. The van der Waals surface area contributed by atoms with Crippen LogP contribution >= 0.6 is 11.8 Å². The molecule has 1 rings (SSSR count). The highest BCUT2D eigenvalue weighted by Crippen LogP contribution is 2.13. The Morgan fingerprint density at radius 3 is 3.00 bits per heavy atom. The molecule has 1 fully saturated rings. The van der Waals surface area contributed by atoms with Crippen molar-refractivity contribution in [1.29, 1.82) is 0 Å². The zero-order valence-electron chi connectivity index (χ0n) is 9.95. The van der Waals surface area contributed by atoms with E-state index in [4.69, 9.17) is 10.5 Å². The van der Waals surface area contributed by atoms with Crippen LogP contribution in [-0.2, 0) is 4.74 Å². The van der Waals surface area contributed by atoms with Gasteiger partial charge in [0.15, 0.2) is 0 Å². The van der Waals surface area contributed by atoms with E-state index in [1.54, 1.807) is 0 Å². The standard InChI is InChI=1S/C11H24N2OS/c1-3-15-7-4-11(8-12)13-5-6-14-10(2)9-13/h10-11H,3-9,12H2,1-2H3. The van der Waals surface area contributed by atoms with Gasteiger partial charge in [-0.1, -0.05) is 6.92 Å². The largest absolute Gasteiger partial charge is 0.376 e. The second kappa shape index (κ2) is 7.49. The monoisotopic (exact) mass is 232 g/mol. The fourth-order valence-electron chi connectivity index (χ4n) is 1.99. The summed E-state index contributed by atoms with van der Waals surface area (Å²) in [5.41, 5.74) is 5.84. The highest BCUT2D eigenvalue weighted by atomic mass is 32.2. The van der Waals surface area contributed by atoms with Crippen molar-refractivity contribution < 1.29 is 4.74 Å². The molecule has 2 N–H and O–H groups in total. The molecule has 1 aliphatic heterocycles. The number of hydrogen-bond acceptors (Lipinski definition) is 4. The van der Waals surface area contributed by atoms with Gasteiger partial charge in [0.2, 0.25) is 0 Å². The Morgan fingerprint density at radius 1 is 1.60 bits per heavy atom. The molecule has 0 aromatic carbocycles. The first kappa shape index (κ1) is 13.3. The summed E-state index contributed by atoms with van der Waals surface area (Å²) in [4.78, 5) is 2.49. The van der Waals surface area contributed by atoms with Crippen molar-refractivity contribution in [1.82, 2.24) is 4.90 Å². The molecular formula is C11H24N2OS. The normalized spacial score (nSPS) is 25.4. The molecule has 1 heterocycles. The molecule has 0 bridgehead atoms. The Balaban J connectivity index is 2.29. The lowest BCUT2D eigenvalue weighted by atomic mass is 10.1. The minimum absolute atomic E-state index is 0.367. The van der Waals surface area contributed by atoms with E-state index in [9.17, 15) is 0 Å². The van der Waals surface area contributed by atoms with Crippen molar-refractivity contribution in [3.63, 3.8) is 0 Å². The summed E-state index contributed by atoms with van der Waals surface area (Å²) in [6.45, 7) is 8.07. The minimum Gasteiger partial charge on any atom is -0.376 e. The summed E-state index contributed by atoms with van der Waals surface area (Å²) in [6.07, 6.45) is 1.58. The van der Waals surface area contributed by atoms with Crippen LogP contribution in [-0.4, -0.2) is 54.8 Å². The van der Waals surface area contributed by atoms with Crippen LogP contribution in [0, 0.1) is 0 Å². The molecule has 2 unspecified atom stereocenters. The molecule has 3 nitrogen and oxygen atoms in total. The number of nitrogens with zero attached hydrogens (tertiary/aromatic N) is 1. The molecule has 0 aromatic rings. The molecule has 15 heavy (non-hydrogen) atoms. The number of hydrogen-bond donors (Lipinski definition) is 1. The lowest BCUT2D eigenvalue weighted by Crippen LogP contribution is -2.49. The lowest BCUT2D eigenvalue weighted by Gasteiger charge is -2.36. The smallest absolute Gasteiger partial charge is 0.0674 e. The lowest BCUT2D eigenvalue weighted by molar-refractivity contribution is -0.0330. The molecule has 90 valence electrons. The van der Waals surface area contributed by atoms with Crippen molar-refractivity contribution in [2.45, 2.75) is 32.4 Å². The highest BCUT2D eigenvalue weighted by Gasteiger charge is 2.22. The van der Waals surface area contributed by atoms with Crippen LogP contribution in [0.15, 0.2) is 0 Å². The van der Waals surface area contributed by atoms with E-state index >= 15 is 0 Å². The van der Waals surface area contributed by atoms with Gasteiger partial charge in [-0.15, -0.1) is 0 Å². The summed E-state index contributed by atoms with van der Waals surface area (Å²) in [6, 6.07) is 0.551. The summed E-state index contributed by atoms with van der Waals surface area (Å²) in [7, 11) is 0. The molecule has 1 aliphatic rings. The molecule has 2 atom stereocenters. The SMILES string of the molecule is CCSCCC(CN)N1CCOC(C)C1. The molecule has 0 aromatic heterocycles. The minimum atomic E-state index is 0.367. The van der Waals surface area contributed by atoms with E-state index in [0.29, 0.717) is 12.1 Å². The number of ether oxygens (including phenoxy) is 1. The Bertz CT molecular complexity index is 169. The zero-order chi connectivity index (χ0) is 11.1. The van der Waals surface area contributed by atoms with E-state index in [-0.39, 0.29) is 0 Å². The van der Waals surface area contributed by atoms with Crippen molar-refractivity contribution in [3.05, 3.63) is 0 Å². The molecule has 0 spiro atoms. The Kier molecular flexibility index (Phi) is 6.64. The maximum Gasteiger partial charge on any atom is 0.0674 e. The Labute approximate surface area is 97.7 Å². The van der Waals surface area contributed by atoms with Crippen LogP contribution in [0.5, 0.6) is 0 Å². The molecular weight excluding hydrogens is 208 g/mol. The van der Waals surface area contributed by atoms with E-state index in [2.05, 4.69) is 18.7 Å². The molecule has 0 amide bonds.